The Labute approximate surface area is 204 Å². The number of alkyl carbamates (subject to hydrolysis) is 1. The number of ether oxygens (including phenoxy) is 3. The Morgan fingerprint density at radius 2 is 1.57 bits per heavy atom. The maximum Gasteiger partial charge on any atom is 0.407 e. The first kappa shape index (κ1) is 26.2. The second kappa shape index (κ2) is 12.3. The van der Waals surface area contributed by atoms with Gasteiger partial charge in [0.2, 0.25) is 5.91 Å². The van der Waals surface area contributed by atoms with Gasteiger partial charge in [0.1, 0.15) is 12.6 Å². The molecule has 9 heteroatoms. The molecule has 2 aromatic carbocycles. The van der Waals surface area contributed by atoms with Crippen LogP contribution in [0.3, 0.4) is 0 Å². The van der Waals surface area contributed by atoms with Crippen molar-refractivity contribution < 1.29 is 33.7 Å². The largest absolute Gasteiger partial charge is 0.480 e. The summed E-state index contributed by atoms with van der Waals surface area (Å²) in [4.78, 5) is 37.1. The Balaban J connectivity index is 1.67. The fourth-order valence-electron chi connectivity index (χ4n) is 4.25. The van der Waals surface area contributed by atoms with Gasteiger partial charge in [0.25, 0.3) is 0 Å². The number of benzene rings is 2. The Bertz CT molecular complexity index is 996. The van der Waals surface area contributed by atoms with E-state index in [2.05, 4.69) is 10.6 Å². The first-order valence-electron chi connectivity index (χ1n) is 11.5. The number of methoxy groups -OCH3 is 2. The summed E-state index contributed by atoms with van der Waals surface area (Å²) in [5, 5.41) is 14.5. The molecular formula is C26H32N2O7. The van der Waals surface area contributed by atoms with E-state index in [1.54, 1.807) is 0 Å². The minimum absolute atomic E-state index is 0.102. The molecule has 3 rings (SSSR count). The van der Waals surface area contributed by atoms with Crippen molar-refractivity contribution in [1.29, 1.82) is 0 Å². The molecule has 0 aliphatic heterocycles. The lowest BCUT2D eigenvalue weighted by Crippen LogP contribution is -2.55. The van der Waals surface area contributed by atoms with E-state index >= 15 is 0 Å². The Hall–Kier alpha value is -3.43. The molecule has 0 fully saturated rings. The van der Waals surface area contributed by atoms with E-state index in [1.165, 1.54) is 21.1 Å². The molecule has 0 radical (unpaired) electrons. The lowest BCUT2D eigenvalue weighted by atomic mass is 9.98. The molecule has 0 saturated heterocycles. The highest BCUT2D eigenvalue weighted by Crippen LogP contribution is 2.44. The fourth-order valence-corrected chi connectivity index (χ4v) is 4.25. The van der Waals surface area contributed by atoms with E-state index in [-0.39, 0.29) is 18.9 Å². The van der Waals surface area contributed by atoms with Gasteiger partial charge in [-0.15, -0.1) is 0 Å². The number of carboxylic acids is 1. The van der Waals surface area contributed by atoms with Crippen LogP contribution < -0.4 is 10.6 Å². The van der Waals surface area contributed by atoms with Gasteiger partial charge >= 0.3 is 12.1 Å². The Morgan fingerprint density at radius 1 is 0.971 bits per heavy atom. The summed E-state index contributed by atoms with van der Waals surface area (Å²) >= 11 is 0. The number of hydrogen-bond donors (Lipinski definition) is 3. The lowest BCUT2D eigenvalue weighted by molar-refractivity contribution is -0.145. The van der Waals surface area contributed by atoms with Gasteiger partial charge in [-0.1, -0.05) is 48.5 Å². The lowest BCUT2D eigenvalue weighted by Gasteiger charge is -2.24. The van der Waals surface area contributed by atoms with E-state index in [1.807, 2.05) is 48.5 Å². The average molecular weight is 485 g/mol. The van der Waals surface area contributed by atoms with Gasteiger partial charge in [-0.25, -0.2) is 9.59 Å². The summed E-state index contributed by atoms with van der Waals surface area (Å²) in [7, 11) is 2.90. The van der Waals surface area contributed by atoms with Crippen LogP contribution in [0.4, 0.5) is 4.79 Å². The van der Waals surface area contributed by atoms with Gasteiger partial charge in [-0.3, -0.25) is 4.79 Å². The SMILES string of the molecule is COCCCC(NC(=O)OCC1c2ccccc2-c2ccccc21)C(=O)N[C@H](C(=O)O)[C@@H](C)OC. The van der Waals surface area contributed by atoms with Crippen molar-refractivity contribution in [3.8, 4) is 11.1 Å². The highest BCUT2D eigenvalue weighted by molar-refractivity contribution is 5.89. The number of carbonyl (C=O) groups is 3. The van der Waals surface area contributed by atoms with Crippen LogP contribution >= 0.6 is 0 Å². The number of aliphatic carboxylic acids is 1. The zero-order valence-electron chi connectivity index (χ0n) is 20.2. The molecule has 3 N–H and O–H groups in total. The predicted molar refractivity (Wildman–Crippen MR) is 129 cm³/mol. The molecule has 188 valence electrons. The molecule has 0 aromatic heterocycles. The minimum Gasteiger partial charge on any atom is -0.480 e. The van der Waals surface area contributed by atoms with Crippen molar-refractivity contribution in [2.24, 2.45) is 0 Å². The summed E-state index contributed by atoms with van der Waals surface area (Å²) in [5.41, 5.74) is 4.38. The number of amides is 2. The molecule has 0 heterocycles. The maximum absolute atomic E-state index is 12.9. The summed E-state index contributed by atoms with van der Waals surface area (Å²) in [6.45, 7) is 2.02. The minimum atomic E-state index is -1.26. The van der Waals surface area contributed by atoms with Crippen LogP contribution in [-0.4, -0.2) is 68.7 Å². The molecule has 0 spiro atoms. The Morgan fingerprint density at radius 3 is 2.11 bits per heavy atom. The fraction of sp³-hybridized carbons (Fsp3) is 0.423. The molecule has 1 aliphatic carbocycles. The topological polar surface area (TPSA) is 123 Å². The smallest absolute Gasteiger partial charge is 0.407 e. The van der Waals surface area contributed by atoms with Crippen molar-refractivity contribution in [2.45, 2.75) is 43.9 Å². The van der Waals surface area contributed by atoms with Gasteiger partial charge in [-0.2, -0.15) is 0 Å². The van der Waals surface area contributed by atoms with Crippen LogP contribution in [0.1, 0.15) is 36.8 Å². The number of carbonyl (C=O) groups excluding carboxylic acids is 2. The van der Waals surface area contributed by atoms with E-state index in [0.29, 0.717) is 13.0 Å². The molecule has 35 heavy (non-hydrogen) atoms. The molecule has 1 unspecified atom stereocenters. The molecule has 2 aromatic rings. The second-order valence-electron chi connectivity index (χ2n) is 8.42. The third-order valence-corrected chi connectivity index (χ3v) is 6.20. The zero-order chi connectivity index (χ0) is 25.4. The van der Waals surface area contributed by atoms with E-state index in [0.717, 1.165) is 22.3 Å². The molecule has 3 atom stereocenters. The average Bonchev–Trinajstić information content (AvgIpc) is 3.18. The maximum atomic E-state index is 12.9. The normalized spacial score (nSPS) is 14.8. The van der Waals surface area contributed by atoms with Gasteiger partial charge in [0.05, 0.1) is 6.10 Å². The van der Waals surface area contributed by atoms with Crippen LogP contribution in [0.25, 0.3) is 11.1 Å². The van der Waals surface area contributed by atoms with E-state index in [9.17, 15) is 19.5 Å². The van der Waals surface area contributed by atoms with Crippen molar-refractivity contribution in [1.82, 2.24) is 10.6 Å². The first-order chi connectivity index (χ1) is 16.9. The van der Waals surface area contributed by atoms with Crippen molar-refractivity contribution >= 4 is 18.0 Å². The number of nitrogens with one attached hydrogen (secondary N) is 2. The van der Waals surface area contributed by atoms with E-state index < -0.39 is 36.2 Å². The van der Waals surface area contributed by atoms with Crippen molar-refractivity contribution in [3.63, 3.8) is 0 Å². The third kappa shape index (κ3) is 6.37. The summed E-state index contributed by atoms with van der Waals surface area (Å²) < 4.78 is 15.6. The molecule has 0 saturated carbocycles. The molecule has 0 bridgehead atoms. The summed E-state index contributed by atoms with van der Waals surface area (Å²) in [6, 6.07) is 13.7. The predicted octanol–water partition coefficient (Wildman–Crippen LogP) is 2.92. The second-order valence-corrected chi connectivity index (χ2v) is 8.42. The van der Waals surface area contributed by atoms with Crippen molar-refractivity contribution in [2.75, 3.05) is 27.4 Å². The number of fused-ring (bicyclic) bond motifs is 3. The Kier molecular flexibility index (Phi) is 9.22. The highest BCUT2D eigenvalue weighted by Gasteiger charge is 2.32. The third-order valence-electron chi connectivity index (χ3n) is 6.20. The van der Waals surface area contributed by atoms with Gasteiger partial charge in [-0.05, 0) is 42.0 Å². The van der Waals surface area contributed by atoms with Crippen LogP contribution in [0.15, 0.2) is 48.5 Å². The molecular weight excluding hydrogens is 452 g/mol. The van der Waals surface area contributed by atoms with Gasteiger partial charge < -0.3 is 30.0 Å². The van der Waals surface area contributed by atoms with Crippen LogP contribution in [0.2, 0.25) is 0 Å². The number of hydrogen-bond acceptors (Lipinski definition) is 6. The molecule has 2 amide bonds. The van der Waals surface area contributed by atoms with E-state index in [4.69, 9.17) is 14.2 Å². The van der Waals surface area contributed by atoms with Crippen molar-refractivity contribution in [3.05, 3.63) is 59.7 Å². The van der Waals surface area contributed by atoms with Crippen LogP contribution in [0, 0.1) is 0 Å². The summed E-state index contributed by atoms with van der Waals surface area (Å²) in [5.74, 6) is -1.98. The standard InChI is InChI=1S/C26H32N2O7/c1-16(34-3)23(25(30)31)28-24(29)22(13-8-14-33-2)27-26(32)35-15-21-19-11-6-4-9-17(19)18-10-5-7-12-20(18)21/h4-7,9-12,16,21-23H,8,13-15H2,1-3H3,(H,27,32)(H,28,29)(H,30,31)/t16-,22?,23+/m1/s1. The van der Waals surface area contributed by atoms with Crippen LogP contribution in [0.5, 0.6) is 0 Å². The first-order valence-corrected chi connectivity index (χ1v) is 11.5. The number of carboxylic acid groups (broad SMARTS) is 1. The van der Waals surface area contributed by atoms with Gasteiger partial charge in [0, 0.05) is 26.7 Å². The monoisotopic (exact) mass is 484 g/mol. The van der Waals surface area contributed by atoms with Gasteiger partial charge in [0.15, 0.2) is 6.04 Å². The quantitative estimate of drug-likeness (QED) is 0.396. The highest BCUT2D eigenvalue weighted by atomic mass is 16.5. The van der Waals surface area contributed by atoms with Crippen LogP contribution in [-0.2, 0) is 23.8 Å². The molecule has 1 aliphatic rings. The molecule has 9 nitrogen and oxygen atoms in total. The number of rotatable bonds is 12. The summed E-state index contributed by atoms with van der Waals surface area (Å²) in [6.07, 6.45) is -0.783. The zero-order valence-corrected chi connectivity index (χ0v) is 20.2.